The molecule has 2 unspecified atom stereocenters. The van der Waals surface area contributed by atoms with Gasteiger partial charge in [-0.25, -0.2) is 8.78 Å². The summed E-state index contributed by atoms with van der Waals surface area (Å²) < 4.78 is 27.1. The standard InChI is InChI=1S/C14H17F2NO/c15-12-6-2-5-11(13(12)16)14(18)7-9-3-1-4-10(8-14)17-9/h2,5-6,9-10,17-18H,1,3-4,7-8H2. The number of hydrogen-bond acceptors (Lipinski definition) is 2. The zero-order valence-electron chi connectivity index (χ0n) is 10.1. The lowest BCUT2D eigenvalue weighted by Crippen LogP contribution is -2.54. The molecule has 2 aliphatic heterocycles. The molecule has 18 heavy (non-hydrogen) atoms. The van der Waals surface area contributed by atoms with Crippen LogP contribution >= 0.6 is 0 Å². The van der Waals surface area contributed by atoms with Gasteiger partial charge in [-0.1, -0.05) is 18.6 Å². The summed E-state index contributed by atoms with van der Waals surface area (Å²) in [5, 5.41) is 14.1. The fourth-order valence-electron chi connectivity index (χ4n) is 3.41. The molecule has 0 radical (unpaired) electrons. The quantitative estimate of drug-likeness (QED) is 0.805. The predicted molar refractivity (Wildman–Crippen MR) is 64.1 cm³/mol. The lowest BCUT2D eigenvalue weighted by Gasteiger charge is -2.45. The lowest BCUT2D eigenvalue weighted by molar-refractivity contribution is -0.0387. The summed E-state index contributed by atoms with van der Waals surface area (Å²) in [5.41, 5.74) is -1.12. The molecule has 0 aromatic heterocycles. The van der Waals surface area contributed by atoms with Crippen LogP contribution in [0.4, 0.5) is 8.78 Å². The maximum absolute atomic E-state index is 13.9. The first-order chi connectivity index (χ1) is 8.58. The summed E-state index contributed by atoms with van der Waals surface area (Å²) in [4.78, 5) is 0. The van der Waals surface area contributed by atoms with Crippen LogP contribution in [0.15, 0.2) is 18.2 Å². The Morgan fingerprint density at radius 1 is 1.17 bits per heavy atom. The SMILES string of the molecule is OC1(c2cccc(F)c2F)CC2CCCC(C1)N2. The maximum atomic E-state index is 13.9. The number of hydrogen-bond donors (Lipinski definition) is 2. The Kier molecular flexibility index (Phi) is 2.87. The lowest BCUT2D eigenvalue weighted by atomic mass is 9.74. The summed E-state index contributed by atoms with van der Waals surface area (Å²) in [6, 6.07) is 4.47. The number of rotatable bonds is 1. The average molecular weight is 253 g/mol. The minimum atomic E-state index is -1.23. The summed E-state index contributed by atoms with van der Waals surface area (Å²) in [7, 11) is 0. The van der Waals surface area contributed by atoms with Crippen LogP contribution in [-0.2, 0) is 5.60 Å². The van der Waals surface area contributed by atoms with Crippen molar-refractivity contribution in [2.75, 3.05) is 0 Å². The highest BCUT2D eigenvalue weighted by Gasteiger charge is 2.43. The second kappa shape index (κ2) is 4.28. The molecule has 2 heterocycles. The largest absolute Gasteiger partial charge is 0.385 e. The van der Waals surface area contributed by atoms with E-state index in [-0.39, 0.29) is 17.6 Å². The predicted octanol–water partition coefficient (Wildman–Crippen LogP) is 2.46. The Morgan fingerprint density at radius 2 is 1.83 bits per heavy atom. The van der Waals surface area contributed by atoms with Crippen LogP contribution in [0.2, 0.25) is 0 Å². The fraction of sp³-hybridized carbons (Fsp3) is 0.571. The molecule has 2 fully saturated rings. The van der Waals surface area contributed by atoms with Gasteiger partial charge in [-0.15, -0.1) is 0 Å². The van der Waals surface area contributed by atoms with E-state index in [2.05, 4.69) is 5.32 Å². The van der Waals surface area contributed by atoms with Crippen molar-refractivity contribution >= 4 is 0 Å². The Balaban J connectivity index is 1.96. The number of halogens is 2. The first-order valence-electron chi connectivity index (χ1n) is 6.51. The molecule has 2 atom stereocenters. The number of aliphatic hydroxyl groups is 1. The van der Waals surface area contributed by atoms with Crippen molar-refractivity contribution in [3.05, 3.63) is 35.4 Å². The van der Waals surface area contributed by atoms with E-state index in [4.69, 9.17) is 0 Å². The van der Waals surface area contributed by atoms with E-state index in [1.54, 1.807) is 0 Å². The molecule has 1 aromatic carbocycles. The first-order valence-corrected chi connectivity index (χ1v) is 6.51. The van der Waals surface area contributed by atoms with Crippen molar-refractivity contribution in [2.24, 2.45) is 0 Å². The van der Waals surface area contributed by atoms with Gasteiger partial charge >= 0.3 is 0 Å². The number of piperidine rings is 2. The fourth-order valence-corrected chi connectivity index (χ4v) is 3.41. The van der Waals surface area contributed by atoms with Crippen molar-refractivity contribution in [1.29, 1.82) is 0 Å². The molecule has 4 heteroatoms. The van der Waals surface area contributed by atoms with Crippen molar-refractivity contribution in [1.82, 2.24) is 5.32 Å². The van der Waals surface area contributed by atoms with E-state index in [1.807, 2.05) is 0 Å². The molecule has 3 rings (SSSR count). The zero-order chi connectivity index (χ0) is 12.8. The molecule has 0 saturated carbocycles. The number of benzene rings is 1. The molecule has 2 aliphatic rings. The Morgan fingerprint density at radius 3 is 2.50 bits per heavy atom. The molecule has 2 bridgehead atoms. The number of fused-ring (bicyclic) bond motifs is 2. The Bertz CT molecular complexity index is 451. The summed E-state index contributed by atoms with van der Waals surface area (Å²) in [5.74, 6) is -1.79. The average Bonchev–Trinajstić information content (AvgIpc) is 2.32. The van der Waals surface area contributed by atoms with Crippen LogP contribution in [0.1, 0.15) is 37.7 Å². The molecule has 0 aliphatic carbocycles. The van der Waals surface area contributed by atoms with E-state index >= 15 is 0 Å². The Labute approximate surface area is 105 Å². The van der Waals surface area contributed by atoms with E-state index in [1.165, 1.54) is 12.1 Å². The second-order valence-corrected chi connectivity index (χ2v) is 5.53. The molecular formula is C14H17F2NO. The van der Waals surface area contributed by atoms with Crippen LogP contribution < -0.4 is 5.32 Å². The molecule has 2 saturated heterocycles. The van der Waals surface area contributed by atoms with Gasteiger partial charge in [-0.2, -0.15) is 0 Å². The first kappa shape index (κ1) is 12.1. The molecule has 1 aromatic rings. The van der Waals surface area contributed by atoms with Gasteiger partial charge in [-0.05, 0) is 31.7 Å². The van der Waals surface area contributed by atoms with E-state index in [0.29, 0.717) is 12.8 Å². The van der Waals surface area contributed by atoms with Crippen LogP contribution in [0.5, 0.6) is 0 Å². The summed E-state index contributed by atoms with van der Waals surface area (Å²) in [6.07, 6.45) is 4.06. The van der Waals surface area contributed by atoms with Crippen molar-refractivity contribution in [3.8, 4) is 0 Å². The molecular weight excluding hydrogens is 236 g/mol. The zero-order valence-corrected chi connectivity index (χ0v) is 10.1. The van der Waals surface area contributed by atoms with E-state index < -0.39 is 17.2 Å². The molecule has 0 spiro atoms. The smallest absolute Gasteiger partial charge is 0.164 e. The third kappa shape index (κ3) is 1.93. The van der Waals surface area contributed by atoms with Gasteiger partial charge in [0.25, 0.3) is 0 Å². The van der Waals surface area contributed by atoms with Crippen LogP contribution in [-0.4, -0.2) is 17.2 Å². The van der Waals surface area contributed by atoms with Gasteiger partial charge in [0.2, 0.25) is 0 Å². The van der Waals surface area contributed by atoms with Gasteiger partial charge in [0.05, 0.1) is 5.60 Å². The van der Waals surface area contributed by atoms with Crippen LogP contribution in [0, 0.1) is 11.6 Å². The van der Waals surface area contributed by atoms with Crippen LogP contribution in [0.3, 0.4) is 0 Å². The van der Waals surface area contributed by atoms with Crippen molar-refractivity contribution in [2.45, 2.75) is 49.8 Å². The third-order valence-electron chi connectivity index (χ3n) is 4.20. The topological polar surface area (TPSA) is 32.3 Å². The minimum Gasteiger partial charge on any atom is -0.385 e. The Hall–Kier alpha value is -1.00. The monoisotopic (exact) mass is 253 g/mol. The minimum absolute atomic E-state index is 0.112. The maximum Gasteiger partial charge on any atom is 0.164 e. The van der Waals surface area contributed by atoms with Gasteiger partial charge < -0.3 is 10.4 Å². The highest BCUT2D eigenvalue weighted by molar-refractivity contribution is 5.27. The highest BCUT2D eigenvalue weighted by Crippen LogP contribution is 2.40. The second-order valence-electron chi connectivity index (χ2n) is 5.53. The van der Waals surface area contributed by atoms with E-state index in [0.717, 1.165) is 25.3 Å². The normalized spacial score (nSPS) is 35.5. The summed E-state index contributed by atoms with van der Waals surface area (Å²) in [6.45, 7) is 0. The van der Waals surface area contributed by atoms with Gasteiger partial charge in [0, 0.05) is 17.6 Å². The molecule has 2 N–H and O–H groups in total. The molecule has 0 amide bonds. The van der Waals surface area contributed by atoms with Crippen LogP contribution in [0.25, 0.3) is 0 Å². The van der Waals surface area contributed by atoms with Gasteiger partial charge in [0.15, 0.2) is 11.6 Å². The summed E-state index contributed by atoms with van der Waals surface area (Å²) >= 11 is 0. The molecule has 98 valence electrons. The van der Waals surface area contributed by atoms with Crippen molar-refractivity contribution in [3.63, 3.8) is 0 Å². The third-order valence-corrected chi connectivity index (χ3v) is 4.20. The molecule has 2 nitrogen and oxygen atoms in total. The van der Waals surface area contributed by atoms with Gasteiger partial charge in [-0.3, -0.25) is 0 Å². The highest BCUT2D eigenvalue weighted by atomic mass is 19.2. The van der Waals surface area contributed by atoms with Crippen molar-refractivity contribution < 1.29 is 13.9 Å². The van der Waals surface area contributed by atoms with Gasteiger partial charge in [0.1, 0.15) is 0 Å². The number of nitrogens with one attached hydrogen (secondary N) is 1. The van der Waals surface area contributed by atoms with E-state index in [9.17, 15) is 13.9 Å².